The molecule has 2 amide bonds. The van der Waals surface area contributed by atoms with Crippen LogP contribution in [0.15, 0.2) is 25.0 Å². The Labute approximate surface area is 102 Å². The fourth-order valence-corrected chi connectivity index (χ4v) is 2.01. The van der Waals surface area contributed by atoms with Crippen LogP contribution in [0.2, 0.25) is 0 Å². The lowest BCUT2D eigenvalue weighted by atomic mass is 10.4. The second kappa shape index (κ2) is 4.10. The first-order valence-electron chi connectivity index (χ1n) is 5.62. The first-order valence-corrected chi connectivity index (χ1v) is 5.62. The van der Waals surface area contributed by atoms with Crippen molar-refractivity contribution >= 4 is 11.8 Å². The van der Waals surface area contributed by atoms with Gasteiger partial charge in [0.25, 0.3) is 11.8 Å². The van der Waals surface area contributed by atoms with Crippen LogP contribution in [0.4, 0.5) is 0 Å². The number of fused-ring (bicyclic) bond motifs is 1. The molecule has 0 atom stereocenters. The van der Waals surface area contributed by atoms with Gasteiger partial charge in [-0.05, 0) is 6.42 Å². The average Bonchev–Trinajstić information content (AvgIpc) is 3.06. The van der Waals surface area contributed by atoms with E-state index in [2.05, 4.69) is 15.0 Å². The number of hydrogen-bond acceptors (Lipinski definition) is 4. The minimum absolute atomic E-state index is 0.225. The van der Waals surface area contributed by atoms with Gasteiger partial charge in [0.2, 0.25) is 0 Å². The third-order valence-electron chi connectivity index (χ3n) is 2.90. The predicted molar refractivity (Wildman–Crippen MR) is 60.8 cm³/mol. The summed E-state index contributed by atoms with van der Waals surface area (Å²) in [4.78, 5) is 35.4. The SMILES string of the molecule is O=C1c2nc[nH]c2C(=O)N1CCCn1ccnc1. The summed E-state index contributed by atoms with van der Waals surface area (Å²) in [5.74, 6) is -0.611. The average molecular weight is 245 g/mol. The van der Waals surface area contributed by atoms with Crippen molar-refractivity contribution in [3.63, 3.8) is 0 Å². The maximum absolute atomic E-state index is 11.9. The zero-order chi connectivity index (χ0) is 12.5. The fourth-order valence-electron chi connectivity index (χ4n) is 2.01. The highest BCUT2D eigenvalue weighted by Crippen LogP contribution is 2.19. The van der Waals surface area contributed by atoms with Crippen molar-refractivity contribution in [2.24, 2.45) is 0 Å². The summed E-state index contributed by atoms with van der Waals surface area (Å²) in [6, 6.07) is 0. The molecule has 1 aliphatic heterocycles. The molecule has 3 heterocycles. The number of rotatable bonds is 4. The Kier molecular flexibility index (Phi) is 2.44. The summed E-state index contributed by atoms with van der Waals surface area (Å²) < 4.78 is 1.91. The van der Waals surface area contributed by atoms with E-state index in [1.165, 1.54) is 11.2 Å². The largest absolute Gasteiger partial charge is 0.340 e. The second-order valence-corrected chi connectivity index (χ2v) is 4.04. The van der Waals surface area contributed by atoms with E-state index in [1.54, 1.807) is 12.5 Å². The molecule has 0 saturated carbocycles. The van der Waals surface area contributed by atoms with Crippen molar-refractivity contribution in [3.8, 4) is 0 Å². The number of nitrogens with zero attached hydrogens (tertiary/aromatic N) is 4. The molecule has 18 heavy (non-hydrogen) atoms. The third-order valence-corrected chi connectivity index (χ3v) is 2.90. The zero-order valence-electron chi connectivity index (χ0n) is 9.54. The molecule has 0 unspecified atom stereocenters. The van der Waals surface area contributed by atoms with Gasteiger partial charge in [0, 0.05) is 25.5 Å². The van der Waals surface area contributed by atoms with Crippen LogP contribution in [0.3, 0.4) is 0 Å². The third kappa shape index (κ3) is 1.60. The van der Waals surface area contributed by atoms with E-state index >= 15 is 0 Å². The van der Waals surface area contributed by atoms with Gasteiger partial charge in [-0.25, -0.2) is 9.97 Å². The lowest BCUT2D eigenvalue weighted by Crippen LogP contribution is -2.31. The Morgan fingerprint density at radius 3 is 2.83 bits per heavy atom. The topological polar surface area (TPSA) is 83.9 Å². The van der Waals surface area contributed by atoms with Crippen molar-refractivity contribution in [1.82, 2.24) is 24.4 Å². The summed E-state index contributed by atoms with van der Waals surface area (Å²) in [6.07, 6.45) is 7.30. The van der Waals surface area contributed by atoms with Crippen LogP contribution in [0.5, 0.6) is 0 Å². The fraction of sp³-hybridized carbons (Fsp3) is 0.273. The van der Waals surface area contributed by atoms with Crippen LogP contribution in [0, 0.1) is 0 Å². The maximum Gasteiger partial charge on any atom is 0.281 e. The van der Waals surface area contributed by atoms with Gasteiger partial charge < -0.3 is 9.55 Å². The summed E-state index contributed by atoms with van der Waals surface area (Å²) in [6.45, 7) is 1.11. The van der Waals surface area contributed by atoms with Crippen molar-refractivity contribution in [3.05, 3.63) is 36.4 Å². The molecule has 92 valence electrons. The number of hydrogen-bond donors (Lipinski definition) is 1. The number of carbonyl (C=O) groups is 2. The molecule has 1 aliphatic rings. The van der Waals surface area contributed by atoms with Gasteiger partial charge in [0.15, 0.2) is 5.69 Å². The lowest BCUT2D eigenvalue weighted by molar-refractivity contribution is 0.0646. The standard InChI is InChI=1S/C11H11N5O2/c17-10-8-9(14-6-13-8)11(18)16(10)4-1-3-15-5-2-12-7-15/h2,5-7H,1,3-4H2,(H,13,14). The zero-order valence-corrected chi connectivity index (χ0v) is 9.54. The molecule has 0 bridgehead atoms. The first-order chi connectivity index (χ1) is 8.77. The van der Waals surface area contributed by atoms with Crippen molar-refractivity contribution in [2.45, 2.75) is 13.0 Å². The first kappa shape index (κ1) is 10.7. The maximum atomic E-state index is 11.9. The highest BCUT2D eigenvalue weighted by molar-refractivity contribution is 6.19. The minimum atomic E-state index is -0.318. The van der Waals surface area contributed by atoms with Gasteiger partial charge in [-0.2, -0.15) is 0 Å². The van der Waals surface area contributed by atoms with Crippen LogP contribution in [-0.2, 0) is 6.54 Å². The Hall–Kier alpha value is -2.44. The van der Waals surface area contributed by atoms with E-state index in [1.807, 2.05) is 10.8 Å². The monoisotopic (exact) mass is 245 g/mol. The Morgan fingerprint density at radius 1 is 1.22 bits per heavy atom. The number of aryl methyl sites for hydroxylation is 1. The van der Waals surface area contributed by atoms with E-state index < -0.39 is 0 Å². The van der Waals surface area contributed by atoms with Crippen LogP contribution in [0.1, 0.15) is 27.4 Å². The number of imide groups is 1. The molecule has 3 rings (SSSR count). The van der Waals surface area contributed by atoms with Gasteiger partial charge in [-0.1, -0.05) is 0 Å². The van der Waals surface area contributed by atoms with E-state index in [4.69, 9.17) is 0 Å². The van der Waals surface area contributed by atoms with Crippen LogP contribution >= 0.6 is 0 Å². The van der Waals surface area contributed by atoms with E-state index in [-0.39, 0.29) is 17.5 Å². The van der Waals surface area contributed by atoms with Gasteiger partial charge in [-0.15, -0.1) is 0 Å². The summed E-state index contributed by atoms with van der Waals surface area (Å²) >= 11 is 0. The summed E-state index contributed by atoms with van der Waals surface area (Å²) in [5, 5.41) is 0. The number of aromatic nitrogens is 4. The number of imidazole rings is 2. The normalized spacial score (nSPS) is 14.3. The molecule has 7 heteroatoms. The molecule has 1 N–H and O–H groups in total. The van der Waals surface area contributed by atoms with E-state index in [0.717, 1.165) is 6.54 Å². The molecular weight excluding hydrogens is 234 g/mol. The summed E-state index contributed by atoms with van der Waals surface area (Å²) in [7, 11) is 0. The number of aromatic amines is 1. The molecule has 0 aliphatic carbocycles. The Morgan fingerprint density at radius 2 is 2.11 bits per heavy atom. The van der Waals surface area contributed by atoms with Gasteiger partial charge in [0.1, 0.15) is 5.69 Å². The van der Waals surface area contributed by atoms with Crippen molar-refractivity contribution in [1.29, 1.82) is 0 Å². The molecular formula is C11H11N5O2. The molecule has 0 spiro atoms. The van der Waals surface area contributed by atoms with Gasteiger partial charge in [-0.3, -0.25) is 14.5 Å². The summed E-state index contributed by atoms with van der Waals surface area (Å²) in [5.41, 5.74) is 0.519. The second-order valence-electron chi connectivity index (χ2n) is 4.04. The van der Waals surface area contributed by atoms with Gasteiger partial charge in [0.05, 0.1) is 12.7 Å². The number of H-pyrrole nitrogens is 1. The number of carbonyl (C=O) groups excluding carboxylic acids is 2. The quantitative estimate of drug-likeness (QED) is 0.785. The lowest BCUT2D eigenvalue weighted by Gasteiger charge is -2.13. The number of amides is 2. The smallest absolute Gasteiger partial charge is 0.281 e. The predicted octanol–water partition coefficient (Wildman–Crippen LogP) is 0.292. The molecule has 0 fully saturated rings. The van der Waals surface area contributed by atoms with Gasteiger partial charge >= 0.3 is 0 Å². The molecule has 0 saturated heterocycles. The van der Waals surface area contributed by atoms with Crippen molar-refractivity contribution < 1.29 is 9.59 Å². The molecule has 0 aromatic carbocycles. The minimum Gasteiger partial charge on any atom is -0.340 e. The van der Waals surface area contributed by atoms with Crippen LogP contribution < -0.4 is 0 Å². The Bertz CT molecular complexity index is 556. The molecule has 0 radical (unpaired) electrons. The molecule has 2 aromatic heterocycles. The molecule has 2 aromatic rings. The van der Waals surface area contributed by atoms with E-state index in [9.17, 15) is 9.59 Å². The van der Waals surface area contributed by atoms with Crippen molar-refractivity contribution in [2.75, 3.05) is 6.54 Å². The van der Waals surface area contributed by atoms with Crippen LogP contribution in [0.25, 0.3) is 0 Å². The van der Waals surface area contributed by atoms with Crippen LogP contribution in [-0.4, -0.2) is 42.8 Å². The number of nitrogens with one attached hydrogen (secondary N) is 1. The highest BCUT2D eigenvalue weighted by atomic mass is 16.2. The Balaban J connectivity index is 1.63. The highest BCUT2D eigenvalue weighted by Gasteiger charge is 2.37. The van der Waals surface area contributed by atoms with E-state index in [0.29, 0.717) is 18.7 Å². The molecule has 7 nitrogen and oxygen atoms in total.